The first-order valence-corrected chi connectivity index (χ1v) is 8.89. The van der Waals surface area contributed by atoms with E-state index in [0.29, 0.717) is 19.6 Å². The van der Waals surface area contributed by atoms with Crippen molar-refractivity contribution in [1.29, 1.82) is 0 Å². The molecule has 1 fully saturated rings. The Morgan fingerprint density at radius 3 is 2.64 bits per heavy atom. The molecule has 7 nitrogen and oxygen atoms in total. The van der Waals surface area contributed by atoms with Crippen molar-refractivity contribution < 1.29 is 14.0 Å². The largest absolute Gasteiger partial charge is 0.459 e. The van der Waals surface area contributed by atoms with Crippen LogP contribution in [0.4, 0.5) is 5.82 Å². The lowest BCUT2D eigenvalue weighted by Gasteiger charge is -2.35. The first-order chi connectivity index (χ1) is 12.1. The number of halogens is 1. The second-order valence-electron chi connectivity index (χ2n) is 5.69. The Balaban J connectivity index is 1.41. The van der Waals surface area contributed by atoms with Crippen LogP contribution < -0.4 is 10.2 Å². The molecule has 1 aliphatic heterocycles. The monoisotopic (exact) mass is 406 g/mol. The fourth-order valence-electron chi connectivity index (χ4n) is 2.68. The molecule has 0 atom stereocenters. The highest BCUT2D eigenvalue weighted by atomic mass is 79.9. The maximum absolute atomic E-state index is 12.3. The van der Waals surface area contributed by atoms with Gasteiger partial charge in [0.2, 0.25) is 5.91 Å². The summed E-state index contributed by atoms with van der Waals surface area (Å²) in [7, 11) is 0. The zero-order valence-electron chi connectivity index (χ0n) is 13.7. The number of rotatable bonds is 5. The number of piperazine rings is 1. The molecule has 0 spiro atoms. The van der Waals surface area contributed by atoms with Crippen LogP contribution in [-0.2, 0) is 4.79 Å². The van der Waals surface area contributed by atoms with E-state index in [4.69, 9.17) is 4.42 Å². The molecule has 0 saturated carbocycles. The lowest BCUT2D eigenvalue weighted by molar-refractivity contribution is -0.131. The van der Waals surface area contributed by atoms with E-state index in [9.17, 15) is 9.59 Å². The van der Waals surface area contributed by atoms with Crippen molar-refractivity contribution in [3.8, 4) is 0 Å². The molecule has 2 amide bonds. The number of amides is 2. The first kappa shape index (κ1) is 17.5. The minimum Gasteiger partial charge on any atom is -0.459 e. The third kappa shape index (κ3) is 4.60. The highest BCUT2D eigenvalue weighted by Gasteiger charge is 2.21. The second-order valence-corrected chi connectivity index (χ2v) is 6.60. The van der Waals surface area contributed by atoms with E-state index in [-0.39, 0.29) is 24.0 Å². The second kappa shape index (κ2) is 8.15. The van der Waals surface area contributed by atoms with Gasteiger partial charge in [0.1, 0.15) is 5.82 Å². The normalized spacial score (nSPS) is 14.4. The lowest BCUT2D eigenvalue weighted by Crippen LogP contribution is -2.49. The highest BCUT2D eigenvalue weighted by molar-refractivity contribution is 9.10. The summed E-state index contributed by atoms with van der Waals surface area (Å²) in [6.45, 7) is 3.11. The van der Waals surface area contributed by atoms with E-state index >= 15 is 0 Å². The van der Waals surface area contributed by atoms with Gasteiger partial charge in [0.05, 0.1) is 6.26 Å². The van der Waals surface area contributed by atoms with Crippen LogP contribution in [0.3, 0.4) is 0 Å². The maximum Gasteiger partial charge on any atom is 0.286 e. The number of carbonyl (C=O) groups is 2. The Labute approximate surface area is 154 Å². The molecule has 1 N–H and O–H groups in total. The van der Waals surface area contributed by atoms with Crippen molar-refractivity contribution in [3.05, 3.63) is 47.0 Å². The molecule has 132 valence electrons. The molecular weight excluding hydrogens is 388 g/mol. The highest BCUT2D eigenvalue weighted by Crippen LogP contribution is 2.16. The number of anilines is 1. The molecule has 0 radical (unpaired) electrons. The summed E-state index contributed by atoms with van der Waals surface area (Å²) >= 11 is 3.38. The maximum atomic E-state index is 12.3. The van der Waals surface area contributed by atoms with Gasteiger partial charge in [-0.2, -0.15) is 0 Å². The third-order valence-electron chi connectivity index (χ3n) is 4.04. The van der Waals surface area contributed by atoms with Gasteiger partial charge < -0.3 is 19.5 Å². The van der Waals surface area contributed by atoms with Gasteiger partial charge in [0.25, 0.3) is 5.91 Å². The summed E-state index contributed by atoms with van der Waals surface area (Å²) in [6.07, 6.45) is 3.50. The Kier molecular flexibility index (Phi) is 5.70. The molecule has 2 aromatic heterocycles. The molecule has 8 heteroatoms. The van der Waals surface area contributed by atoms with Gasteiger partial charge >= 0.3 is 0 Å². The number of hydrogen-bond donors (Lipinski definition) is 1. The van der Waals surface area contributed by atoms with Crippen molar-refractivity contribution in [1.82, 2.24) is 15.2 Å². The van der Waals surface area contributed by atoms with Crippen molar-refractivity contribution in [3.63, 3.8) is 0 Å². The van der Waals surface area contributed by atoms with Crippen LogP contribution in [0.2, 0.25) is 0 Å². The van der Waals surface area contributed by atoms with Crippen molar-refractivity contribution in [2.24, 2.45) is 0 Å². The van der Waals surface area contributed by atoms with Crippen LogP contribution in [0.15, 0.2) is 45.6 Å². The van der Waals surface area contributed by atoms with E-state index in [0.717, 1.165) is 23.4 Å². The van der Waals surface area contributed by atoms with Crippen LogP contribution in [0.25, 0.3) is 0 Å². The summed E-state index contributed by atoms with van der Waals surface area (Å²) in [4.78, 5) is 32.4. The molecule has 3 heterocycles. The number of carbonyl (C=O) groups excluding carboxylic acids is 2. The smallest absolute Gasteiger partial charge is 0.286 e. The Bertz CT molecular complexity index is 710. The van der Waals surface area contributed by atoms with E-state index in [1.54, 1.807) is 18.3 Å². The van der Waals surface area contributed by atoms with Crippen molar-refractivity contribution >= 4 is 33.6 Å². The number of nitrogens with zero attached hydrogens (tertiary/aromatic N) is 3. The van der Waals surface area contributed by atoms with E-state index in [1.165, 1.54) is 6.26 Å². The predicted octanol–water partition coefficient (Wildman–Crippen LogP) is 1.91. The Morgan fingerprint density at radius 1 is 1.20 bits per heavy atom. The fourth-order valence-corrected chi connectivity index (χ4v) is 2.91. The molecule has 0 aliphatic carbocycles. The summed E-state index contributed by atoms with van der Waals surface area (Å²) in [5.74, 6) is 0.913. The summed E-state index contributed by atoms with van der Waals surface area (Å²) < 4.78 is 5.95. The zero-order chi connectivity index (χ0) is 17.6. The number of aromatic nitrogens is 1. The van der Waals surface area contributed by atoms with Gasteiger partial charge in [0, 0.05) is 49.8 Å². The van der Waals surface area contributed by atoms with Crippen LogP contribution in [0.5, 0.6) is 0 Å². The molecule has 3 rings (SSSR count). The van der Waals surface area contributed by atoms with Gasteiger partial charge in [-0.1, -0.05) is 0 Å². The standard InChI is InChI=1S/C17H19BrN4O3/c18-13-3-4-15(20-12-13)21-7-9-22(10-8-21)16(23)5-6-19-17(24)14-2-1-11-25-14/h1-4,11-12H,5-10H2,(H,19,24). The molecule has 0 bridgehead atoms. The molecule has 1 saturated heterocycles. The van der Waals surface area contributed by atoms with Crippen molar-refractivity contribution in [2.45, 2.75) is 6.42 Å². The van der Waals surface area contributed by atoms with Gasteiger partial charge in [0.15, 0.2) is 5.76 Å². The lowest BCUT2D eigenvalue weighted by atomic mass is 10.2. The van der Waals surface area contributed by atoms with Gasteiger partial charge in [-0.15, -0.1) is 0 Å². The number of furan rings is 1. The fraction of sp³-hybridized carbons (Fsp3) is 0.353. The van der Waals surface area contributed by atoms with Crippen LogP contribution >= 0.6 is 15.9 Å². The molecule has 2 aromatic rings. The van der Waals surface area contributed by atoms with Crippen LogP contribution in [0, 0.1) is 0 Å². The molecule has 25 heavy (non-hydrogen) atoms. The number of pyridine rings is 1. The quantitative estimate of drug-likeness (QED) is 0.820. The Morgan fingerprint density at radius 2 is 2.00 bits per heavy atom. The number of nitrogens with one attached hydrogen (secondary N) is 1. The SMILES string of the molecule is O=C(NCCC(=O)N1CCN(c2ccc(Br)cn2)CC1)c1ccco1. The third-order valence-corrected chi connectivity index (χ3v) is 4.51. The average Bonchev–Trinajstić information content (AvgIpc) is 3.17. The zero-order valence-corrected chi connectivity index (χ0v) is 15.2. The van der Waals surface area contributed by atoms with Crippen molar-refractivity contribution in [2.75, 3.05) is 37.6 Å². The average molecular weight is 407 g/mol. The molecule has 0 aromatic carbocycles. The molecule has 1 aliphatic rings. The van der Waals surface area contributed by atoms with Crippen LogP contribution in [-0.4, -0.2) is 54.4 Å². The minimum atomic E-state index is -0.302. The first-order valence-electron chi connectivity index (χ1n) is 8.09. The topological polar surface area (TPSA) is 78.7 Å². The summed E-state index contributed by atoms with van der Waals surface area (Å²) in [6, 6.07) is 7.17. The van der Waals surface area contributed by atoms with E-state index < -0.39 is 0 Å². The summed E-state index contributed by atoms with van der Waals surface area (Å²) in [5, 5.41) is 2.69. The Hall–Kier alpha value is -2.35. The van der Waals surface area contributed by atoms with Gasteiger partial charge in [-0.3, -0.25) is 9.59 Å². The number of hydrogen-bond acceptors (Lipinski definition) is 5. The van der Waals surface area contributed by atoms with Gasteiger partial charge in [-0.05, 0) is 40.2 Å². The van der Waals surface area contributed by atoms with Gasteiger partial charge in [-0.25, -0.2) is 4.98 Å². The molecule has 0 unspecified atom stereocenters. The van der Waals surface area contributed by atoms with E-state index in [2.05, 4.69) is 31.1 Å². The minimum absolute atomic E-state index is 0.0446. The van der Waals surface area contributed by atoms with Crippen LogP contribution in [0.1, 0.15) is 17.0 Å². The molecular formula is C17H19BrN4O3. The summed E-state index contributed by atoms with van der Waals surface area (Å²) in [5.41, 5.74) is 0. The predicted molar refractivity (Wildman–Crippen MR) is 96.4 cm³/mol. The van der Waals surface area contributed by atoms with E-state index in [1.807, 2.05) is 17.0 Å².